The van der Waals surface area contributed by atoms with Gasteiger partial charge in [0.1, 0.15) is 12.1 Å². The van der Waals surface area contributed by atoms with Crippen LogP contribution in [0.15, 0.2) is 72.8 Å². The Balaban J connectivity index is 1.53. The van der Waals surface area contributed by atoms with Crippen LogP contribution in [0.3, 0.4) is 0 Å². The molecule has 1 aromatic heterocycles. The molecule has 0 amide bonds. The molecular weight excluding hydrogens is 404 g/mol. The van der Waals surface area contributed by atoms with Crippen LogP contribution in [0.25, 0.3) is 22.0 Å². The van der Waals surface area contributed by atoms with E-state index in [1.165, 1.54) is 5.39 Å². The highest BCUT2D eigenvalue weighted by Crippen LogP contribution is 2.27. The lowest BCUT2D eigenvalue weighted by Gasteiger charge is -2.16. The highest BCUT2D eigenvalue weighted by molar-refractivity contribution is 5.83. The molecule has 0 saturated carbocycles. The molecule has 0 aliphatic rings. The summed E-state index contributed by atoms with van der Waals surface area (Å²) < 4.78 is 6.08. The summed E-state index contributed by atoms with van der Waals surface area (Å²) in [6, 6.07) is 22.5. The van der Waals surface area contributed by atoms with Crippen LogP contribution >= 0.6 is 0 Å². The first-order valence-corrected chi connectivity index (χ1v) is 10.3. The number of nitrogen functional groups attached to an aromatic ring is 1. The summed E-state index contributed by atoms with van der Waals surface area (Å²) in [5.41, 5.74) is 14.8. The van der Waals surface area contributed by atoms with Crippen molar-refractivity contribution in [2.24, 2.45) is 5.73 Å². The molecule has 0 radical (unpaired) electrons. The van der Waals surface area contributed by atoms with Gasteiger partial charge in [0, 0.05) is 11.6 Å². The molecule has 0 aliphatic heterocycles. The minimum Gasteiger partial charge on any atom is -0.480 e. The molecule has 4 aromatic rings. The van der Waals surface area contributed by atoms with Crippen LogP contribution in [0, 0.1) is 0 Å². The fourth-order valence-electron chi connectivity index (χ4n) is 3.51. The molecule has 0 spiro atoms. The van der Waals surface area contributed by atoms with E-state index in [1.807, 2.05) is 49.4 Å². The molecule has 3 aromatic carbocycles. The molecule has 1 heterocycles. The van der Waals surface area contributed by atoms with Crippen LogP contribution in [0.2, 0.25) is 0 Å². The Morgan fingerprint density at radius 1 is 1.00 bits per heavy atom. The monoisotopic (exact) mass is 428 g/mol. The third kappa shape index (κ3) is 4.84. The second-order valence-corrected chi connectivity index (χ2v) is 7.66. The van der Waals surface area contributed by atoms with E-state index in [2.05, 4.69) is 34.2 Å². The Morgan fingerprint density at radius 2 is 1.72 bits per heavy atom. The number of carbonyl (C=O) groups is 1. The minimum atomic E-state index is -1.03. The van der Waals surface area contributed by atoms with Gasteiger partial charge in [-0.2, -0.15) is 4.98 Å². The van der Waals surface area contributed by atoms with Crippen molar-refractivity contribution in [2.75, 3.05) is 5.73 Å². The van der Waals surface area contributed by atoms with Crippen molar-refractivity contribution in [3.05, 3.63) is 83.9 Å². The first-order valence-electron chi connectivity index (χ1n) is 10.3. The van der Waals surface area contributed by atoms with Crippen molar-refractivity contribution in [3.63, 3.8) is 0 Å². The van der Waals surface area contributed by atoms with E-state index in [1.54, 1.807) is 6.07 Å². The molecule has 0 saturated heterocycles. The molecule has 0 bridgehead atoms. The van der Waals surface area contributed by atoms with Gasteiger partial charge in [0.25, 0.3) is 0 Å². The van der Waals surface area contributed by atoms with Gasteiger partial charge in [-0.1, -0.05) is 60.7 Å². The van der Waals surface area contributed by atoms with Gasteiger partial charge in [0.15, 0.2) is 0 Å². The topological polar surface area (TPSA) is 124 Å². The Morgan fingerprint density at radius 3 is 2.44 bits per heavy atom. The number of nitrogens with two attached hydrogens (primary N) is 2. The van der Waals surface area contributed by atoms with Gasteiger partial charge < -0.3 is 21.3 Å². The average Bonchev–Trinajstić information content (AvgIpc) is 2.78. The number of rotatable bonds is 7. The Bertz CT molecular complexity index is 1260. The van der Waals surface area contributed by atoms with E-state index < -0.39 is 12.0 Å². The van der Waals surface area contributed by atoms with Gasteiger partial charge in [-0.3, -0.25) is 4.79 Å². The van der Waals surface area contributed by atoms with Gasteiger partial charge in [-0.15, -0.1) is 0 Å². The Hall–Kier alpha value is -3.97. The minimum absolute atomic E-state index is 0.111. The Kier molecular flexibility index (Phi) is 6.00. The first kappa shape index (κ1) is 21.3. The third-order valence-electron chi connectivity index (χ3n) is 5.28. The number of carboxylic acids is 1. The molecule has 7 nitrogen and oxygen atoms in total. The Labute approximate surface area is 185 Å². The van der Waals surface area contributed by atoms with Crippen molar-refractivity contribution in [3.8, 4) is 17.1 Å². The van der Waals surface area contributed by atoms with Crippen molar-refractivity contribution in [1.29, 1.82) is 0 Å². The molecule has 4 rings (SSSR count). The fraction of sp³-hybridized carbons (Fsp3) is 0.160. The van der Waals surface area contributed by atoms with Crippen LogP contribution in [-0.2, 0) is 11.2 Å². The predicted octanol–water partition coefficient (Wildman–Crippen LogP) is 3.97. The second-order valence-electron chi connectivity index (χ2n) is 7.66. The number of aliphatic carboxylic acids is 1. The molecular formula is C25H24N4O3. The molecule has 162 valence electrons. The third-order valence-corrected chi connectivity index (χ3v) is 5.28. The maximum atomic E-state index is 11.0. The van der Waals surface area contributed by atoms with Gasteiger partial charge >= 0.3 is 5.97 Å². The molecule has 1 unspecified atom stereocenters. The summed E-state index contributed by atoms with van der Waals surface area (Å²) in [5.74, 6) is -0.537. The van der Waals surface area contributed by atoms with Gasteiger partial charge in [0.05, 0.1) is 5.69 Å². The van der Waals surface area contributed by atoms with Crippen LogP contribution in [0.4, 0.5) is 5.95 Å². The van der Waals surface area contributed by atoms with Gasteiger partial charge in [-0.25, -0.2) is 4.98 Å². The lowest BCUT2D eigenvalue weighted by atomic mass is 10.0. The summed E-state index contributed by atoms with van der Waals surface area (Å²) in [6.45, 7) is 1.96. The lowest BCUT2D eigenvalue weighted by Crippen LogP contribution is -2.32. The van der Waals surface area contributed by atoms with Gasteiger partial charge in [-0.05, 0) is 41.3 Å². The molecule has 7 heteroatoms. The zero-order valence-corrected chi connectivity index (χ0v) is 17.6. The number of fused-ring (bicyclic) bond motifs is 1. The fourth-order valence-corrected chi connectivity index (χ4v) is 3.51. The van der Waals surface area contributed by atoms with E-state index in [0.717, 1.165) is 22.1 Å². The summed E-state index contributed by atoms with van der Waals surface area (Å²) in [7, 11) is 0. The van der Waals surface area contributed by atoms with Crippen LogP contribution in [-0.4, -0.2) is 27.1 Å². The van der Waals surface area contributed by atoms with E-state index in [9.17, 15) is 4.79 Å². The van der Waals surface area contributed by atoms with E-state index in [-0.39, 0.29) is 18.5 Å². The van der Waals surface area contributed by atoms with Crippen molar-refractivity contribution < 1.29 is 14.6 Å². The molecule has 0 aliphatic carbocycles. The quantitative estimate of drug-likeness (QED) is 0.407. The van der Waals surface area contributed by atoms with E-state index in [0.29, 0.717) is 11.6 Å². The van der Waals surface area contributed by atoms with Crippen molar-refractivity contribution in [2.45, 2.75) is 25.5 Å². The highest BCUT2D eigenvalue weighted by atomic mass is 16.5. The molecule has 2 atom stereocenters. The summed E-state index contributed by atoms with van der Waals surface area (Å²) in [5, 5.41) is 11.3. The summed E-state index contributed by atoms with van der Waals surface area (Å²) in [4.78, 5) is 19.5. The lowest BCUT2D eigenvalue weighted by molar-refractivity contribution is -0.138. The number of ether oxygens (including phenoxy) is 1. The summed E-state index contributed by atoms with van der Waals surface area (Å²) in [6.07, 6.45) is 0.0146. The van der Waals surface area contributed by atoms with Crippen LogP contribution in [0.1, 0.15) is 24.2 Å². The van der Waals surface area contributed by atoms with E-state index in [4.69, 9.17) is 21.3 Å². The summed E-state index contributed by atoms with van der Waals surface area (Å²) >= 11 is 0. The number of aromatic nitrogens is 2. The number of carboxylic acid groups (broad SMARTS) is 1. The maximum absolute atomic E-state index is 11.0. The van der Waals surface area contributed by atoms with E-state index >= 15 is 0 Å². The molecule has 5 N–H and O–H groups in total. The van der Waals surface area contributed by atoms with Crippen molar-refractivity contribution in [1.82, 2.24) is 9.97 Å². The number of hydrogen-bond acceptors (Lipinski definition) is 6. The predicted molar refractivity (Wildman–Crippen MR) is 124 cm³/mol. The second kappa shape index (κ2) is 9.03. The molecule has 0 fully saturated rings. The SMILES string of the molecule is C[C@@H](Oc1cc(-c2ccc(CC(N)C(=O)O)cc2)nc(N)n1)c1ccc2ccccc2c1. The van der Waals surface area contributed by atoms with Gasteiger partial charge in [0.2, 0.25) is 11.8 Å². The number of benzene rings is 3. The normalized spacial score (nSPS) is 12.9. The maximum Gasteiger partial charge on any atom is 0.320 e. The molecule has 32 heavy (non-hydrogen) atoms. The zero-order chi connectivity index (χ0) is 22.7. The standard InChI is InChI=1S/C25H24N4O3/c1-15(19-11-10-17-4-2-3-5-20(17)13-19)32-23-14-22(28-25(27)29-23)18-8-6-16(7-9-18)12-21(26)24(30)31/h2-11,13-15,21H,12,26H2,1H3,(H,30,31)(H2,27,28,29)/t15-,21?/m1/s1. The zero-order valence-electron chi connectivity index (χ0n) is 17.6. The largest absolute Gasteiger partial charge is 0.480 e. The number of anilines is 1. The van der Waals surface area contributed by atoms with Crippen LogP contribution in [0.5, 0.6) is 5.88 Å². The smallest absolute Gasteiger partial charge is 0.320 e. The number of nitrogens with zero attached hydrogens (tertiary/aromatic N) is 2. The average molecular weight is 428 g/mol. The first-order chi connectivity index (χ1) is 15.4. The highest BCUT2D eigenvalue weighted by Gasteiger charge is 2.14. The number of hydrogen-bond donors (Lipinski definition) is 3. The van der Waals surface area contributed by atoms with Crippen molar-refractivity contribution >= 4 is 22.7 Å². The van der Waals surface area contributed by atoms with Crippen LogP contribution < -0.4 is 16.2 Å².